The van der Waals surface area contributed by atoms with E-state index in [9.17, 15) is 0 Å². The average Bonchev–Trinajstić information content (AvgIpc) is 3.09. The van der Waals surface area contributed by atoms with Crippen LogP contribution in [0.3, 0.4) is 0 Å². The second-order valence-electron chi connectivity index (χ2n) is 5.94. The van der Waals surface area contributed by atoms with Crippen molar-refractivity contribution in [3.8, 4) is 5.75 Å². The van der Waals surface area contributed by atoms with E-state index < -0.39 is 0 Å². The summed E-state index contributed by atoms with van der Waals surface area (Å²) in [5.74, 6) is 1.89. The Morgan fingerprint density at radius 3 is 2.67 bits per heavy atom. The van der Waals surface area contributed by atoms with Crippen molar-refractivity contribution in [3.63, 3.8) is 0 Å². The van der Waals surface area contributed by atoms with Gasteiger partial charge in [-0.2, -0.15) is 0 Å². The van der Waals surface area contributed by atoms with Crippen molar-refractivity contribution in [1.29, 1.82) is 0 Å². The first-order chi connectivity index (χ1) is 8.72. The molecule has 0 aromatic heterocycles. The summed E-state index contributed by atoms with van der Waals surface area (Å²) >= 11 is 0. The van der Waals surface area contributed by atoms with Crippen molar-refractivity contribution in [2.75, 3.05) is 6.54 Å². The summed E-state index contributed by atoms with van der Waals surface area (Å²) in [5, 5.41) is 3.78. The van der Waals surface area contributed by atoms with Gasteiger partial charge in [0, 0.05) is 5.56 Å². The number of rotatable bonds is 4. The van der Waals surface area contributed by atoms with Gasteiger partial charge in [-0.3, -0.25) is 0 Å². The van der Waals surface area contributed by atoms with E-state index in [1.807, 2.05) is 0 Å². The van der Waals surface area contributed by atoms with Crippen molar-refractivity contribution < 1.29 is 4.74 Å². The highest BCUT2D eigenvalue weighted by molar-refractivity contribution is 5.41. The monoisotopic (exact) mass is 245 g/mol. The van der Waals surface area contributed by atoms with Crippen LogP contribution in [0.1, 0.15) is 45.1 Å². The minimum Gasteiger partial charge on any atom is -0.491 e. The second-order valence-corrected chi connectivity index (χ2v) is 5.94. The number of nitrogens with one attached hydrogen (secondary N) is 1. The van der Waals surface area contributed by atoms with Gasteiger partial charge >= 0.3 is 0 Å². The minimum atomic E-state index is 0.200. The Bertz CT molecular complexity index is 417. The van der Waals surface area contributed by atoms with Gasteiger partial charge in [0.05, 0.1) is 11.6 Å². The first kappa shape index (κ1) is 12.0. The predicted octanol–water partition coefficient (Wildman–Crippen LogP) is 3.46. The number of hydrogen-bond donors (Lipinski definition) is 1. The van der Waals surface area contributed by atoms with E-state index >= 15 is 0 Å². The Balaban J connectivity index is 1.98. The largest absolute Gasteiger partial charge is 0.491 e. The molecule has 2 nitrogen and oxygen atoms in total. The van der Waals surface area contributed by atoms with Crippen LogP contribution in [0, 0.1) is 5.92 Å². The molecule has 1 unspecified atom stereocenters. The zero-order valence-electron chi connectivity index (χ0n) is 11.4. The molecule has 3 rings (SSSR count). The minimum absolute atomic E-state index is 0.200. The Kier molecular flexibility index (Phi) is 3.06. The van der Waals surface area contributed by atoms with Crippen LogP contribution in [0.4, 0.5) is 0 Å². The van der Waals surface area contributed by atoms with Gasteiger partial charge in [0.2, 0.25) is 0 Å². The van der Waals surface area contributed by atoms with Crippen molar-refractivity contribution in [3.05, 3.63) is 29.8 Å². The normalized spacial score (nSPS) is 27.7. The fourth-order valence-electron chi connectivity index (χ4n) is 3.33. The molecule has 1 aromatic carbocycles. The van der Waals surface area contributed by atoms with Crippen LogP contribution in [-0.4, -0.2) is 12.6 Å². The maximum absolute atomic E-state index is 6.02. The maximum Gasteiger partial charge on any atom is 0.124 e. The highest BCUT2D eigenvalue weighted by atomic mass is 16.5. The van der Waals surface area contributed by atoms with Crippen LogP contribution >= 0.6 is 0 Å². The fourth-order valence-corrected chi connectivity index (χ4v) is 3.33. The Morgan fingerprint density at radius 2 is 2.06 bits per heavy atom. The summed E-state index contributed by atoms with van der Waals surface area (Å²) in [5.41, 5.74) is 1.59. The van der Waals surface area contributed by atoms with Crippen LogP contribution < -0.4 is 10.1 Å². The van der Waals surface area contributed by atoms with E-state index in [1.54, 1.807) is 0 Å². The van der Waals surface area contributed by atoms with Crippen molar-refractivity contribution in [1.82, 2.24) is 5.32 Å². The van der Waals surface area contributed by atoms with Crippen molar-refractivity contribution in [2.24, 2.45) is 5.92 Å². The molecule has 98 valence electrons. The molecule has 1 aliphatic heterocycles. The van der Waals surface area contributed by atoms with Crippen LogP contribution in [-0.2, 0) is 5.54 Å². The summed E-state index contributed by atoms with van der Waals surface area (Å²) in [7, 11) is 0. The zero-order valence-corrected chi connectivity index (χ0v) is 11.4. The molecule has 1 aliphatic carbocycles. The molecule has 2 aliphatic rings. The molecule has 1 atom stereocenters. The number of ether oxygens (including phenoxy) is 1. The van der Waals surface area contributed by atoms with Gasteiger partial charge in [-0.15, -0.1) is 0 Å². The molecule has 1 aromatic rings. The van der Waals surface area contributed by atoms with Crippen LogP contribution in [0.2, 0.25) is 0 Å². The molecule has 0 spiro atoms. The average molecular weight is 245 g/mol. The summed E-state index contributed by atoms with van der Waals surface area (Å²) in [6.07, 6.45) is 5.51. The lowest BCUT2D eigenvalue weighted by atomic mass is 9.83. The molecule has 1 heterocycles. The lowest BCUT2D eigenvalue weighted by Crippen LogP contribution is -2.39. The summed E-state index contributed by atoms with van der Waals surface area (Å²) < 4.78 is 6.02. The smallest absolute Gasteiger partial charge is 0.124 e. The lowest BCUT2D eigenvalue weighted by molar-refractivity contribution is 0.227. The van der Waals surface area contributed by atoms with Gasteiger partial charge in [-0.1, -0.05) is 18.2 Å². The molecule has 0 amide bonds. The van der Waals surface area contributed by atoms with Crippen molar-refractivity contribution >= 4 is 0 Å². The number of benzene rings is 1. The molecule has 1 saturated heterocycles. The molecule has 0 bridgehead atoms. The fraction of sp³-hybridized carbons (Fsp3) is 0.625. The molecular weight excluding hydrogens is 222 g/mol. The molecular formula is C16H23NO. The van der Waals surface area contributed by atoms with E-state index in [1.165, 1.54) is 31.2 Å². The first-order valence-electron chi connectivity index (χ1n) is 7.23. The quantitative estimate of drug-likeness (QED) is 0.877. The van der Waals surface area contributed by atoms with Crippen LogP contribution in [0.15, 0.2) is 24.3 Å². The van der Waals surface area contributed by atoms with Crippen LogP contribution in [0.5, 0.6) is 5.75 Å². The van der Waals surface area contributed by atoms with Crippen molar-refractivity contribution in [2.45, 2.75) is 51.2 Å². The second kappa shape index (κ2) is 4.58. The maximum atomic E-state index is 6.02. The topological polar surface area (TPSA) is 21.3 Å². The standard InChI is InChI=1S/C16H23NO/c1-12(2)18-15-7-4-3-6-14(15)16(13-8-9-13)10-5-11-17-16/h3-4,6-7,12-13,17H,5,8-11H2,1-2H3. The summed E-state index contributed by atoms with van der Waals surface area (Å²) in [4.78, 5) is 0. The van der Waals surface area contributed by atoms with E-state index in [0.717, 1.165) is 18.2 Å². The molecule has 2 heteroatoms. The highest BCUT2D eigenvalue weighted by Crippen LogP contribution is 2.52. The summed E-state index contributed by atoms with van der Waals surface area (Å²) in [6, 6.07) is 8.61. The number of para-hydroxylation sites is 1. The Labute approximate surface area is 110 Å². The van der Waals surface area contributed by atoms with Gasteiger partial charge in [-0.25, -0.2) is 0 Å². The molecule has 1 saturated carbocycles. The van der Waals surface area contributed by atoms with Gasteiger partial charge in [-0.05, 0) is 58.1 Å². The SMILES string of the molecule is CC(C)Oc1ccccc1C1(C2CC2)CCCN1. The predicted molar refractivity (Wildman–Crippen MR) is 73.8 cm³/mol. The zero-order chi connectivity index (χ0) is 12.6. The third-order valence-corrected chi connectivity index (χ3v) is 4.19. The van der Waals surface area contributed by atoms with E-state index in [0.29, 0.717) is 0 Å². The number of hydrogen-bond acceptors (Lipinski definition) is 2. The first-order valence-corrected chi connectivity index (χ1v) is 7.23. The van der Waals surface area contributed by atoms with E-state index in [4.69, 9.17) is 4.74 Å². The summed E-state index contributed by atoms with van der Waals surface area (Å²) in [6.45, 7) is 5.35. The third kappa shape index (κ3) is 2.03. The molecule has 0 radical (unpaired) electrons. The highest BCUT2D eigenvalue weighted by Gasteiger charge is 2.49. The van der Waals surface area contributed by atoms with Gasteiger partial charge in [0.15, 0.2) is 0 Å². The lowest BCUT2D eigenvalue weighted by Gasteiger charge is -2.32. The molecule has 18 heavy (non-hydrogen) atoms. The van der Waals surface area contributed by atoms with Crippen LogP contribution in [0.25, 0.3) is 0 Å². The molecule has 1 N–H and O–H groups in total. The molecule has 2 fully saturated rings. The van der Waals surface area contributed by atoms with Gasteiger partial charge in [0.25, 0.3) is 0 Å². The van der Waals surface area contributed by atoms with Gasteiger partial charge in [0.1, 0.15) is 5.75 Å². The Morgan fingerprint density at radius 1 is 1.28 bits per heavy atom. The van der Waals surface area contributed by atoms with Gasteiger partial charge < -0.3 is 10.1 Å². The van der Waals surface area contributed by atoms with E-state index in [2.05, 4.69) is 43.4 Å². The third-order valence-electron chi connectivity index (χ3n) is 4.19. The Hall–Kier alpha value is -1.02. The van der Waals surface area contributed by atoms with E-state index in [-0.39, 0.29) is 11.6 Å².